The molecule has 92 valence electrons. The second-order valence-corrected chi connectivity index (χ2v) is 4.27. The summed E-state index contributed by atoms with van der Waals surface area (Å²) in [6.45, 7) is 0.693. The number of aliphatic hydroxyl groups excluding tert-OH is 1. The number of H-pyrrole nitrogens is 1. The van der Waals surface area contributed by atoms with Crippen LogP contribution in [-0.2, 0) is 0 Å². The SMILES string of the molecule is OCCCOc1cccc2[nH]c3ccccc3c12. The molecule has 0 amide bonds. The van der Waals surface area contributed by atoms with Gasteiger partial charge in [0.2, 0.25) is 0 Å². The predicted molar refractivity (Wildman–Crippen MR) is 73.0 cm³/mol. The van der Waals surface area contributed by atoms with Crippen molar-refractivity contribution in [2.24, 2.45) is 0 Å². The van der Waals surface area contributed by atoms with Crippen LogP contribution in [0.5, 0.6) is 5.75 Å². The summed E-state index contributed by atoms with van der Waals surface area (Å²) in [6, 6.07) is 14.2. The molecule has 0 atom stereocenters. The molecule has 2 N–H and O–H groups in total. The molecule has 0 aliphatic heterocycles. The second-order valence-electron chi connectivity index (χ2n) is 4.27. The van der Waals surface area contributed by atoms with E-state index in [0.717, 1.165) is 22.2 Å². The van der Waals surface area contributed by atoms with Crippen LogP contribution in [0, 0.1) is 0 Å². The number of ether oxygens (including phenoxy) is 1. The van der Waals surface area contributed by atoms with Gasteiger partial charge in [-0.2, -0.15) is 0 Å². The zero-order chi connectivity index (χ0) is 12.4. The molecule has 0 bridgehead atoms. The van der Waals surface area contributed by atoms with Crippen LogP contribution in [-0.4, -0.2) is 23.3 Å². The maximum absolute atomic E-state index is 8.80. The van der Waals surface area contributed by atoms with Crippen molar-refractivity contribution in [3.05, 3.63) is 42.5 Å². The van der Waals surface area contributed by atoms with Crippen molar-refractivity contribution in [3.8, 4) is 5.75 Å². The van der Waals surface area contributed by atoms with Crippen molar-refractivity contribution < 1.29 is 9.84 Å². The fourth-order valence-corrected chi connectivity index (χ4v) is 2.24. The first-order valence-corrected chi connectivity index (χ1v) is 6.13. The molecule has 2 aromatic carbocycles. The second kappa shape index (κ2) is 4.70. The van der Waals surface area contributed by atoms with Gasteiger partial charge in [-0.1, -0.05) is 24.3 Å². The standard InChI is InChI=1S/C15H15NO2/c17-9-4-10-18-14-8-3-7-13-15(14)11-5-1-2-6-12(11)16-13/h1-3,5-8,16-17H,4,9-10H2. The molecular formula is C15H15NO2. The van der Waals surface area contributed by atoms with Gasteiger partial charge in [0, 0.05) is 29.3 Å². The van der Waals surface area contributed by atoms with Crippen LogP contribution in [0.1, 0.15) is 6.42 Å². The molecule has 3 rings (SSSR count). The summed E-state index contributed by atoms with van der Waals surface area (Å²) in [5, 5.41) is 11.1. The summed E-state index contributed by atoms with van der Waals surface area (Å²) in [6.07, 6.45) is 0.652. The molecule has 0 aliphatic carbocycles. The van der Waals surface area contributed by atoms with Crippen LogP contribution in [0.2, 0.25) is 0 Å². The molecule has 0 fully saturated rings. The highest BCUT2D eigenvalue weighted by molar-refractivity contribution is 6.10. The molecule has 0 radical (unpaired) electrons. The van der Waals surface area contributed by atoms with Crippen molar-refractivity contribution >= 4 is 21.8 Å². The normalized spacial score (nSPS) is 11.2. The van der Waals surface area contributed by atoms with Crippen molar-refractivity contribution in [3.63, 3.8) is 0 Å². The lowest BCUT2D eigenvalue weighted by Crippen LogP contribution is -1.99. The molecule has 0 unspecified atom stereocenters. The van der Waals surface area contributed by atoms with Gasteiger partial charge in [0.1, 0.15) is 5.75 Å². The van der Waals surface area contributed by atoms with Gasteiger partial charge in [0.15, 0.2) is 0 Å². The number of aromatic nitrogens is 1. The van der Waals surface area contributed by atoms with Gasteiger partial charge >= 0.3 is 0 Å². The Morgan fingerprint density at radius 1 is 1.00 bits per heavy atom. The Labute approximate surface area is 105 Å². The Kier molecular flexibility index (Phi) is 2.90. The van der Waals surface area contributed by atoms with E-state index in [1.165, 1.54) is 5.39 Å². The molecular weight excluding hydrogens is 226 g/mol. The Balaban J connectivity index is 2.13. The van der Waals surface area contributed by atoms with Crippen molar-refractivity contribution in [2.75, 3.05) is 13.2 Å². The minimum Gasteiger partial charge on any atom is -0.493 e. The number of rotatable bonds is 4. The minimum absolute atomic E-state index is 0.157. The molecule has 1 aromatic heterocycles. The van der Waals surface area contributed by atoms with Gasteiger partial charge in [0.05, 0.1) is 12.1 Å². The number of hydrogen-bond donors (Lipinski definition) is 2. The first-order chi connectivity index (χ1) is 8.90. The third-order valence-corrected chi connectivity index (χ3v) is 3.05. The van der Waals surface area contributed by atoms with Crippen LogP contribution >= 0.6 is 0 Å². The van der Waals surface area contributed by atoms with Crippen LogP contribution in [0.3, 0.4) is 0 Å². The van der Waals surface area contributed by atoms with Gasteiger partial charge in [-0.3, -0.25) is 0 Å². The summed E-state index contributed by atoms with van der Waals surface area (Å²) >= 11 is 0. The largest absolute Gasteiger partial charge is 0.493 e. The van der Waals surface area contributed by atoms with Crippen molar-refractivity contribution in [1.82, 2.24) is 4.98 Å². The van der Waals surface area contributed by atoms with Gasteiger partial charge in [-0.15, -0.1) is 0 Å². The van der Waals surface area contributed by atoms with Crippen LogP contribution < -0.4 is 4.74 Å². The summed E-state index contributed by atoms with van der Waals surface area (Å²) in [4.78, 5) is 3.38. The third kappa shape index (κ3) is 1.83. The highest BCUT2D eigenvalue weighted by Crippen LogP contribution is 2.32. The molecule has 0 aliphatic rings. The smallest absolute Gasteiger partial charge is 0.129 e. The maximum Gasteiger partial charge on any atom is 0.129 e. The Morgan fingerprint density at radius 2 is 1.83 bits per heavy atom. The Bertz CT molecular complexity index is 672. The Hall–Kier alpha value is -2.00. The summed E-state index contributed by atoms with van der Waals surface area (Å²) in [5.41, 5.74) is 2.20. The van der Waals surface area contributed by atoms with E-state index in [-0.39, 0.29) is 6.61 Å². The number of nitrogens with one attached hydrogen (secondary N) is 1. The van der Waals surface area contributed by atoms with Gasteiger partial charge < -0.3 is 14.8 Å². The molecule has 3 aromatic rings. The monoisotopic (exact) mass is 241 g/mol. The molecule has 3 nitrogen and oxygen atoms in total. The van der Waals surface area contributed by atoms with E-state index in [2.05, 4.69) is 17.1 Å². The van der Waals surface area contributed by atoms with Crippen LogP contribution in [0.4, 0.5) is 0 Å². The van der Waals surface area contributed by atoms with E-state index in [4.69, 9.17) is 9.84 Å². The third-order valence-electron chi connectivity index (χ3n) is 3.05. The molecule has 0 saturated heterocycles. The topological polar surface area (TPSA) is 45.2 Å². The zero-order valence-electron chi connectivity index (χ0n) is 10.0. The first-order valence-electron chi connectivity index (χ1n) is 6.13. The number of hydrogen-bond acceptors (Lipinski definition) is 2. The first kappa shape index (κ1) is 11.1. The predicted octanol–water partition coefficient (Wildman–Crippen LogP) is 3.08. The number of aliphatic hydroxyl groups is 1. The van der Waals surface area contributed by atoms with Gasteiger partial charge in [0.25, 0.3) is 0 Å². The van der Waals surface area contributed by atoms with Crippen molar-refractivity contribution in [2.45, 2.75) is 6.42 Å². The van der Waals surface area contributed by atoms with Crippen molar-refractivity contribution in [1.29, 1.82) is 0 Å². The number of para-hydroxylation sites is 1. The maximum atomic E-state index is 8.80. The number of fused-ring (bicyclic) bond motifs is 3. The lowest BCUT2D eigenvalue weighted by atomic mass is 10.1. The van der Waals surface area contributed by atoms with E-state index < -0.39 is 0 Å². The van der Waals surface area contributed by atoms with E-state index in [9.17, 15) is 0 Å². The average Bonchev–Trinajstić information content (AvgIpc) is 2.78. The highest BCUT2D eigenvalue weighted by atomic mass is 16.5. The van der Waals surface area contributed by atoms with Gasteiger partial charge in [-0.05, 0) is 18.2 Å². The van der Waals surface area contributed by atoms with E-state index in [1.807, 2.05) is 30.3 Å². The van der Waals surface area contributed by atoms with Gasteiger partial charge in [-0.25, -0.2) is 0 Å². The summed E-state index contributed by atoms with van der Waals surface area (Å²) in [7, 11) is 0. The van der Waals surface area contributed by atoms with Crippen LogP contribution in [0.15, 0.2) is 42.5 Å². The van der Waals surface area contributed by atoms with Crippen LogP contribution in [0.25, 0.3) is 21.8 Å². The number of aromatic amines is 1. The lowest BCUT2D eigenvalue weighted by molar-refractivity contribution is 0.235. The molecule has 3 heteroatoms. The summed E-state index contributed by atoms with van der Waals surface area (Å²) in [5.74, 6) is 0.874. The Morgan fingerprint density at radius 3 is 2.72 bits per heavy atom. The number of benzene rings is 2. The summed E-state index contributed by atoms with van der Waals surface area (Å²) < 4.78 is 5.75. The van der Waals surface area contributed by atoms with E-state index in [0.29, 0.717) is 13.0 Å². The fourth-order valence-electron chi connectivity index (χ4n) is 2.24. The quantitative estimate of drug-likeness (QED) is 0.689. The molecule has 0 saturated carbocycles. The molecule has 1 heterocycles. The van der Waals surface area contributed by atoms with E-state index in [1.54, 1.807) is 0 Å². The van der Waals surface area contributed by atoms with E-state index >= 15 is 0 Å². The molecule has 18 heavy (non-hydrogen) atoms. The average molecular weight is 241 g/mol. The molecule has 0 spiro atoms. The minimum atomic E-state index is 0.157. The lowest BCUT2D eigenvalue weighted by Gasteiger charge is -2.06. The highest BCUT2D eigenvalue weighted by Gasteiger charge is 2.08. The fraction of sp³-hybridized carbons (Fsp3) is 0.200. The zero-order valence-corrected chi connectivity index (χ0v) is 10.0.